The largest absolute Gasteiger partial charge is 0.372 e. The summed E-state index contributed by atoms with van der Waals surface area (Å²) < 4.78 is 0. The van der Waals surface area contributed by atoms with Crippen LogP contribution in [0.4, 0.5) is 0 Å². The third-order valence-corrected chi connectivity index (χ3v) is 2.69. The highest BCUT2D eigenvalue weighted by Crippen LogP contribution is 2.27. The van der Waals surface area contributed by atoms with Crippen molar-refractivity contribution >= 4 is 6.41 Å². The van der Waals surface area contributed by atoms with Crippen LogP contribution < -0.4 is 5.73 Å². The average Bonchev–Trinajstić information content (AvgIpc) is 2.18. The molecule has 0 unspecified atom stereocenters. The molecule has 0 saturated heterocycles. The Morgan fingerprint density at radius 3 is 2.31 bits per heavy atom. The third-order valence-electron chi connectivity index (χ3n) is 2.69. The molecular weight excluding hydrogens is 162 g/mol. The van der Waals surface area contributed by atoms with Crippen molar-refractivity contribution in [3.05, 3.63) is 0 Å². The quantitative estimate of drug-likeness (QED) is 0.675. The van der Waals surface area contributed by atoms with Gasteiger partial charge in [-0.1, -0.05) is 58.3 Å². The maximum atomic E-state index is 8.58. The summed E-state index contributed by atoms with van der Waals surface area (Å²) in [5, 5.41) is 0. The number of nitrogens with two attached hydrogens (primary N) is 1. The number of primary amides is 1. The molecular formula is C11H23NO. The Morgan fingerprint density at radius 1 is 1.31 bits per heavy atom. The fourth-order valence-electron chi connectivity index (χ4n) is 1.97. The highest BCUT2D eigenvalue weighted by Gasteiger charge is 2.11. The first-order valence-electron chi connectivity index (χ1n) is 5.50. The van der Waals surface area contributed by atoms with Crippen molar-refractivity contribution in [1.29, 1.82) is 0 Å². The van der Waals surface area contributed by atoms with Crippen molar-refractivity contribution in [1.82, 2.24) is 0 Å². The molecule has 1 rings (SSSR count). The standard InChI is InChI=1S/C10H20.CH3NO/c1-2-3-7-10-8-5-4-6-9-10;2-1-3/h10H,2-9H2,1H3;1H,(H2,2,3). The van der Waals surface area contributed by atoms with Gasteiger partial charge in [-0.05, 0) is 5.92 Å². The number of rotatable bonds is 3. The zero-order chi connectivity index (χ0) is 9.94. The van der Waals surface area contributed by atoms with Crippen molar-refractivity contribution in [2.45, 2.75) is 58.3 Å². The van der Waals surface area contributed by atoms with Crippen LogP contribution in [0.2, 0.25) is 0 Å². The molecule has 1 saturated carbocycles. The van der Waals surface area contributed by atoms with E-state index in [1.54, 1.807) is 0 Å². The molecule has 0 aliphatic heterocycles. The van der Waals surface area contributed by atoms with Gasteiger partial charge in [-0.3, -0.25) is 4.79 Å². The van der Waals surface area contributed by atoms with Crippen molar-refractivity contribution in [2.75, 3.05) is 0 Å². The zero-order valence-electron chi connectivity index (χ0n) is 8.80. The number of hydrogen-bond donors (Lipinski definition) is 1. The lowest BCUT2D eigenvalue weighted by molar-refractivity contribution is -0.106. The maximum absolute atomic E-state index is 8.58. The van der Waals surface area contributed by atoms with Crippen LogP contribution in [0.1, 0.15) is 58.3 Å². The van der Waals surface area contributed by atoms with Crippen molar-refractivity contribution in [2.24, 2.45) is 11.7 Å². The first-order valence-corrected chi connectivity index (χ1v) is 5.50. The molecule has 13 heavy (non-hydrogen) atoms. The molecule has 0 heterocycles. The number of carbonyl (C=O) groups is 1. The van der Waals surface area contributed by atoms with Gasteiger partial charge in [0, 0.05) is 0 Å². The molecule has 1 aliphatic carbocycles. The molecule has 0 aromatic heterocycles. The topological polar surface area (TPSA) is 43.1 Å². The number of carbonyl (C=O) groups excluding carboxylic acids is 1. The Kier molecular flexibility index (Phi) is 9.17. The fourth-order valence-corrected chi connectivity index (χ4v) is 1.97. The summed E-state index contributed by atoms with van der Waals surface area (Å²) in [5.74, 6) is 1.11. The first kappa shape index (κ1) is 12.5. The van der Waals surface area contributed by atoms with Gasteiger partial charge in [0.15, 0.2) is 0 Å². The summed E-state index contributed by atoms with van der Waals surface area (Å²) in [5.41, 5.74) is 4.17. The van der Waals surface area contributed by atoms with E-state index < -0.39 is 0 Å². The summed E-state index contributed by atoms with van der Waals surface area (Å²) in [4.78, 5) is 8.58. The lowest BCUT2D eigenvalue weighted by atomic mass is 9.86. The van der Waals surface area contributed by atoms with Gasteiger partial charge < -0.3 is 5.73 Å². The third kappa shape index (κ3) is 7.82. The van der Waals surface area contributed by atoms with E-state index in [-0.39, 0.29) is 6.41 Å². The van der Waals surface area contributed by atoms with Gasteiger partial charge in [0.05, 0.1) is 0 Å². The molecule has 1 fully saturated rings. The molecule has 1 aliphatic rings. The minimum Gasteiger partial charge on any atom is -0.372 e. The lowest BCUT2D eigenvalue weighted by Gasteiger charge is -2.20. The number of amides is 1. The fraction of sp³-hybridized carbons (Fsp3) is 0.909. The normalized spacial score (nSPS) is 17.3. The van der Waals surface area contributed by atoms with Crippen LogP contribution in [-0.2, 0) is 4.79 Å². The van der Waals surface area contributed by atoms with Crippen molar-refractivity contribution in [3.8, 4) is 0 Å². The molecule has 0 spiro atoms. The average molecular weight is 185 g/mol. The molecule has 2 heteroatoms. The molecule has 1 amide bonds. The highest BCUT2D eigenvalue weighted by molar-refractivity contribution is 5.42. The van der Waals surface area contributed by atoms with Crippen molar-refractivity contribution in [3.63, 3.8) is 0 Å². The second-order valence-corrected chi connectivity index (χ2v) is 3.78. The second kappa shape index (κ2) is 9.56. The van der Waals surface area contributed by atoms with E-state index in [2.05, 4.69) is 12.7 Å². The molecule has 0 aromatic rings. The van der Waals surface area contributed by atoms with Crippen LogP contribution in [0.25, 0.3) is 0 Å². The molecule has 2 N–H and O–H groups in total. The monoisotopic (exact) mass is 185 g/mol. The predicted molar refractivity (Wildman–Crippen MR) is 56.4 cm³/mol. The Labute approximate surface area is 81.9 Å². The first-order chi connectivity index (χ1) is 6.35. The van der Waals surface area contributed by atoms with Gasteiger partial charge in [-0.25, -0.2) is 0 Å². The summed E-state index contributed by atoms with van der Waals surface area (Å²) in [6.07, 6.45) is 12.2. The molecule has 0 atom stereocenters. The minimum absolute atomic E-state index is 0.250. The van der Waals surface area contributed by atoms with Gasteiger partial charge in [0.2, 0.25) is 6.41 Å². The van der Waals surface area contributed by atoms with E-state index in [0.717, 1.165) is 5.92 Å². The van der Waals surface area contributed by atoms with Crippen LogP contribution in [0.3, 0.4) is 0 Å². The van der Waals surface area contributed by atoms with Gasteiger partial charge in [0.25, 0.3) is 0 Å². The Morgan fingerprint density at radius 2 is 1.85 bits per heavy atom. The molecule has 0 bridgehead atoms. The minimum atomic E-state index is 0.250. The Hall–Kier alpha value is -0.530. The summed E-state index contributed by atoms with van der Waals surface area (Å²) in [6.45, 7) is 2.29. The van der Waals surface area contributed by atoms with Gasteiger partial charge in [0.1, 0.15) is 0 Å². The van der Waals surface area contributed by atoms with E-state index >= 15 is 0 Å². The SMILES string of the molecule is CCCCC1CCCCC1.NC=O. The molecule has 2 nitrogen and oxygen atoms in total. The molecule has 0 radical (unpaired) electrons. The highest BCUT2D eigenvalue weighted by atomic mass is 16.1. The number of hydrogen-bond acceptors (Lipinski definition) is 1. The van der Waals surface area contributed by atoms with E-state index in [0.29, 0.717) is 0 Å². The van der Waals surface area contributed by atoms with Crippen LogP contribution in [-0.4, -0.2) is 6.41 Å². The smallest absolute Gasteiger partial charge is 0.204 e. The summed E-state index contributed by atoms with van der Waals surface area (Å²) >= 11 is 0. The van der Waals surface area contributed by atoms with Crippen LogP contribution in [0.15, 0.2) is 0 Å². The number of unbranched alkanes of at least 4 members (excludes halogenated alkanes) is 1. The summed E-state index contributed by atoms with van der Waals surface area (Å²) in [6, 6.07) is 0. The predicted octanol–water partition coefficient (Wildman–Crippen LogP) is 2.86. The van der Waals surface area contributed by atoms with Gasteiger partial charge >= 0.3 is 0 Å². The van der Waals surface area contributed by atoms with E-state index in [9.17, 15) is 0 Å². The van der Waals surface area contributed by atoms with Crippen LogP contribution in [0, 0.1) is 5.92 Å². The zero-order valence-corrected chi connectivity index (χ0v) is 8.80. The Bertz CT molecular complexity index is 109. The summed E-state index contributed by atoms with van der Waals surface area (Å²) in [7, 11) is 0. The van der Waals surface area contributed by atoms with Crippen LogP contribution in [0.5, 0.6) is 0 Å². The van der Waals surface area contributed by atoms with Gasteiger partial charge in [-0.15, -0.1) is 0 Å². The van der Waals surface area contributed by atoms with E-state index in [4.69, 9.17) is 4.79 Å². The van der Waals surface area contributed by atoms with Crippen molar-refractivity contribution < 1.29 is 4.79 Å². The van der Waals surface area contributed by atoms with E-state index in [1.807, 2.05) is 0 Å². The van der Waals surface area contributed by atoms with Gasteiger partial charge in [-0.2, -0.15) is 0 Å². The second-order valence-electron chi connectivity index (χ2n) is 3.78. The lowest BCUT2D eigenvalue weighted by Crippen LogP contribution is -2.05. The van der Waals surface area contributed by atoms with Crippen LogP contribution >= 0.6 is 0 Å². The molecule has 78 valence electrons. The Balaban J connectivity index is 0.000000424. The molecule has 0 aromatic carbocycles. The van der Waals surface area contributed by atoms with E-state index in [1.165, 1.54) is 51.4 Å². The maximum Gasteiger partial charge on any atom is 0.204 e.